The lowest BCUT2D eigenvalue weighted by Crippen LogP contribution is -2.18. The Morgan fingerprint density at radius 2 is 2.50 bits per heavy atom. The summed E-state index contributed by atoms with van der Waals surface area (Å²) >= 11 is 3.27. The smallest absolute Gasteiger partial charge is 0.180 e. The number of carbonyl (C=O) groups is 1. The van der Waals surface area contributed by atoms with Crippen molar-refractivity contribution in [3.8, 4) is 0 Å². The predicted octanol–water partition coefficient (Wildman–Crippen LogP) is 0.585. The molecule has 66 valence electrons. The van der Waals surface area contributed by atoms with Crippen LogP contribution < -0.4 is 5.32 Å². The first kappa shape index (κ1) is 9.41. The van der Waals surface area contributed by atoms with Crippen LogP contribution in [-0.4, -0.2) is 29.2 Å². The largest absolute Gasteiger partial charge is 0.313 e. The Bertz CT molecular complexity index is 295. The lowest BCUT2D eigenvalue weighted by Gasteiger charge is -1.96. The van der Waals surface area contributed by atoms with Crippen LogP contribution in [0.2, 0.25) is 0 Å². The van der Waals surface area contributed by atoms with Crippen LogP contribution in [-0.2, 0) is 7.05 Å². The molecule has 0 unspecified atom stereocenters. The van der Waals surface area contributed by atoms with Crippen molar-refractivity contribution in [1.29, 1.82) is 0 Å². The zero-order chi connectivity index (χ0) is 9.14. The van der Waals surface area contributed by atoms with E-state index in [1.54, 1.807) is 25.0 Å². The van der Waals surface area contributed by atoms with E-state index in [9.17, 15) is 4.79 Å². The van der Waals surface area contributed by atoms with Crippen LogP contribution in [0.3, 0.4) is 0 Å². The Kier molecular flexibility index (Phi) is 2.99. The molecule has 0 spiro atoms. The fourth-order valence-corrected chi connectivity index (χ4v) is 1.28. The zero-order valence-electron chi connectivity index (χ0n) is 6.97. The van der Waals surface area contributed by atoms with E-state index in [1.807, 2.05) is 0 Å². The Labute approximate surface area is 79.1 Å². The third-order valence-electron chi connectivity index (χ3n) is 1.50. The summed E-state index contributed by atoms with van der Waals surface area (Å²) < 4.78 is 2.34. The maximum Gasteiger partial charge on any atom is 0.180 e. The van der Waals surface area contributed by atoms with Crippen molar-refractivity contribution in [1.82, 2.24) is 15.1 Å². The number of aryl methyl sites for hydroxylation is 1. The molecule has 0 radical (unpaired) electrons. The lowest BCUT2D eigenvalue weighted by molar-refractivity contribution is 0.0993. The summed E-state index contributed by atoms with van der Waals surface area (Å²) in [6.45, 7) is 0.338. The summed E-state index contributed by atoms with van der Waals surface area (Å²) in [4.78, 5) is 11.3. The van der Waals surface area contributed by atoms with Gasteiger partial charge in [-0.1, -0.05) is 0 Å². The number of likely N-dealkylation sites (N-methyl/N-ethyl adjacent to an activating group) is 1. The second-order valence-corrected chi connectivity index (χ2v) is 3.18. The summed E-state index contributed by atoms with van der Waals surface area (Å²) in [5, 5.41) is 6.74. The Balaban J connectivity index is 2.88. The highest BCUT2D eigenvalue weighted by Gasteiger charge is 2.12. The van der Waals surface area contributed by atoms with Gasteiger partial charge in [0.2, 0.25) is 0 Å². The van der Waals surface area contributed by atoms with Crippen LogP contribution in [0.1, 0.15) is 10.4 Å². The molecule has 1 heterocycles. The molecule has 0 saturated heterocycles. The van der Waals surface area contributed by atoms with E-state index in [0.29, 0.717) is 12.1 Å². The van der Waals surface area contributed by atoms with Gasteiger partial charge in [0.05, 0.1) is 18.3 Å². The van der Waals surface area contributed by atoms with Gasteiger partial charge in [0.15, 0.2) is 5.78 Å². The number of Topliss-reactive ketones (excluding diaryl/α,β-unsaturated/α-hetero) is 1. The number of nitrogens with zero attached hydrogens (tertiary/aromatic N) is 2. The molecule has 0 bridgehead atoms. The first-order valence-electron chi connectivity index (χ1n) is 3.52. The number of hydrogen-bond acceptors (Lipinski definition) is 3. The molecule has 1 rings (SSSR count). The quantitative estimate of drug-likeness (QED) is 0.775. The highest BCUT2D eigenvalue weighted by atomic mass is 79.9. The van der Waals surface area contributed by atoms with Crippen LogP contribution in [0.5, 0.6) is 0 Å². The van der Waals surface area contributed by atoms with E-state index >= 15 is 0 Å². The van der Waals surface area contributed by atoms with Gasteiger partial charge in [-0.15, -0.1) is 0 Å². The van der Waals surface area contributed by atoms with E-state index in [4.69, 9.17) is 0 Å². The number of nitrogens with one attached hydrogen (secondary N) is 1. The van der Waals surface area contributed by atoms with Gasteiger partial charge < -0.3 is 5.32 Å². The number of rotatable bonds is 3. The molecule has 1 aromatic rings. The van der Waals surface area contributed by atoms with Gasteiger partial charge in [-0.25, -0.2) is 0 Å². The van der Waals surface area contributed by atoms with Crippen LogP contribution >= 0.6 is 15.9 Å². The van der Waals surface area contributed by atoms with Gasteiger partial charge in [-0.2, -0.15) is 5.10 Å². The average molecular weight is 232 g/mol. The molecule has 1 aromatic heterocycles. The van der Waals surface area contributed by atoms with Crippen LogP contribution in [0.15, 0.2) is 10.8 Å². The first-order valence-corrected chi connectivity index (χ1v) is 4.31. The van der Waals surface area contributed by atoms with Crippen molar-refractivity contribution >= 4 is 21.7 Å². The number of hydrogen-bond donors (Lipinski definition) is 1. The van der Waals surface area contributed by atoms with E-state index < -0.39 is 0 Å². The molecule has 0 fully saturated rings. The van der Waals surface area contributed by atoms with Crippen molar-refractivity contribution in [2.45, 2.75) is 0 Å². The zero-order valence-corrected chi connectivity index (χ0v) is 8.55. The molecule has 12 heavy (non-hydrogen) atoms. The minimum Gasteiger partial charge on any atom is -0.313 e. The minimum absolute atomic E-state index is 0.0393. The standard InChI is InChI=1S/C7H10BrN3O/c1-9-4-6(12)5-3-10-11(2)7(5)8/h3,9H,4H2,1-2H3. The Hall–Kier alpha value is -0.680. The van der Waals surface area contributed by atoms with Crippen molar-refractivity contribution < 1.29 is 4.79 Å². The maximum absolute atomic E-state index is 11.3. The highest BCUT2D eigenvalue weighted by molar-refractivity contribution is 9.10. The normalized spacial score (nSPS) is 10.2. The third-order valence-corrected chi connectivity index (χ3v) is 2.44. The summed E-state index contributed by atoms with van der Waals surface area (Å²) in [7, 11) is 3.52. The molecule has 0 aromatic carbocycles. The Morgan fingerprint density at radius 3 is 2.92 bits per heavy atom. The van der Waals surface area contributed by atoms with Gasteiger partial charge >= 0.3 is 0 Å². The van der Waals surface area contributed by atoms with Crippen molar-refractivity contribution in [2.24, 2.45) is 7.05 Å². The average Bonchev–Trinajstić information content (AvgIpc) is 2.34. The minimum atomic E-state index is 0.0393. The summed E-state index contributed by atoms with van der Waals surface area (Å²) in [6.07, 6.45) is 1.56. The SMILES string of the molecule is CNCC(=O)c1cnn(C)c1Br. The molecule has 0 aliphatic heterocycles. The third kappa shape index (κ3) is 1.73. The molecule has 0 atom stereocenters. The van der Waals surface area contributed by atoms with Crippen LogP contribution in [0.4, 0.5) is 0 Å². The lowest BCUT2D eigenvalue weighted by atomic mass is 10.2. The van der Waals surface area contributed by atoms with Crippen molar-refractivity contribution in [2.75, 3.05) is 13.6 Å². The van der Waals surface area contributed by atoms with Crippen molar-refractivity contribution in [3.63, 3.8) is 0 Å². The molecule has 0 aliphatic carbocycles. The molecule has 0 amide bonds. The van der Waals surface area contributed by atoms with Gasteiger partial charge in [0.25, 0.3) is 0 Å². The molecule has 0 aliphatic rings. The van der Waals surface area contributed by atoms with Gasteiger partial charge in [-0.05, 0) is 23.0 Å². The summed E-state index contributed by atoms with van der Waals surface area (Å²) in [5.74, 6) is 0.0393. The van der Waals surface area contributed by atoms with Gasteiger partial charge in [0, 0.05) is 7.05 Å². The maximum atomic E-state index is 11.3. The molecule has 4 nitrogen and oxygen atoms in total. The number of carbonyl (C=O) groups excluding carboxylic acids is 1. The summed E-state index contributed by atoms with van der Waals surface area (Å²) in [5.41, 5.74) is 0.617. The fraction of sp³-hybridized carbons (Fsp3) is 0.429. The van der Waals surface area contributed by atoms with Crippen molar-refractivity contribution in [3.05, 3.63) is 16.4 Å². The first-order chi connectivity index (χ1) is 5.66. The second-order valence-electron chi connectivity index (χ2n) is 2.43. The highest BCUT2D eigenvalue weighted by Crippen LogP contribution is 2.14. The second kappa shape index (κ2) is 3.82. The molecule has 1 N–H and O–H groups in total. The number of ketones is 1. The number of halogens is 1. The Morgan fingerprint density at radius 1 is 1.83 bits per heavy atom. The van der Waals surface area contributed by atoms with E-state index in [1.165, 1.54) is 0 Å². The van der Waals surface area contributed by atoms with E-state index in [2.05, 4.69) is 26.3 Å². The predicted molar refractivity (Wildman–Crippen MR) is 49.2 cm³/mol. The van der Waals surface area contributed by atoms with E-state index in [-0.39, 0.29) is 5.78 Å². The number of aromatic nitrogens is 2. The van der Waals surface area contributed by atoms with Gasteiger partial charge in [0.1, 0.15) is 4.60 Å². The monoisotopic (exact) mass is 231 g/mol. The van der Waals surface area contributed by atoms with Crippen LogP contribution in [0, 0.1) is 0 Å². The van der Waals surface area contributed by atoms with Gasteiger partial charge in [-0.3, -0.25) is 9.48 Å². The fourth-order valence-electron chi connectivity index (χ4n) is 0.865. The molecule has 5 heteroatoms. The summed E-state index contributed by atoms with van der Waals surface area (Å²) in [6, 6.07) is 0. The van der Waals surface area contributed by atoms with E-state index in [0.717, 1.165) is 4.60 Å². The van der Waals surface area contributed by atoms with Crippen LogP contribution in [0.25, 0.3) is 0 Å². The molecular weight excluding hydrogens is 222 g/mol. The molecular formula is C7H10BrN3O. The topological polar surface area (TPSA) is 46.9 Å². The molecule has 0 saturated carbocycles.